The van der Waals surface area contributed by atoms with Gasteiger partial charge in [-0.3, -0.25) is 14.8 Å². The van der Waals surface area contributed by atoms with Gasteiger partial charge in [0.1, 0.15) is 0 Å². The van der Waals surface area contributed by atoms with E-state index in [4.69, 9.17) is 4.55 Å². The summed E-state index contributed by atoms with van der Waals surface area (Å²) in [5.41, 5.74) is 4.20. The van der Waals surface area contributed by atoms with Gasteiger partial charge in [0.15, 0.2) is 5.71 Å². The van der Waals surface area contributed by atoms with Crippen molar-refractivity contribution >= 4 is 33.1 Å². The molecule has 0 fully saturated rings. The van der Waals surface area contributed by atoms with Gasteiger partial charge >= 0.3 is 0 Å². The fraction of sp³-hybridized carbons (Fsp3) is 0. The van der Waals surface area contributed by atoms with Crippen LogP contribution in [0.3, 0.4) is 0 Å². The zero-order chi connectivity index (χ0) is 15.7. The van der Waals surface area contributed by atoms with Gasteiger partial charge in [-0.1, -0.05) is 18.2 Å². The standard InChI is InChI=1S/C14H11N3O4S/c18-14-13(17-16-9-4-2-1-3-5-9)11-8-10(22(19,20)21)6-7-12(11)15-14/h1-8,16H,(H,15,17,18)(H,19,20,21). The molecule has 0 unspecified atom stereocenters. The number of anilines is 2. The van der Waals surface area contributed by atoms with Crippen molar-refractivity contribution in [3.63, 3.8) is 0 Å². The SMILES string of the molecule is O=C1Nc2ccc(S(=O)(=O)O)cc2/C1=N/Nc1ccccc1. The number of carbonyl (C=O) groups is 1. The minimum atomic E-state index is -4.35. The number of hydrazone groups is 1. The Morgan fingerprint density at radius 2 is 1.82 bits per heavy atom. The molecule has 8 heteroatoms. The van der Waals surface area contributed by atoms with Gasteiger partial charge in [0.25, 0.3) is 16.0 Å². The topological polar surface area (TPSA) is 108 Å². The van der Waals surface area contributed by atoms with Gasteiger partial charge < -0.3 is 5.32 Å². The van der Waals surface area contributed by atoms with Crippen LogP contribution in [0.15, 0.2) is 58.5 Å². The van der Waals surface area contributed by atoms with Crippen LogP contribution in [0.1, 0.15) is 5.56 Å². The average molecular weight is 317 g/mol. The third-order valence-electron chi connectivity index (χ3n) is 3.08. The van der Waals surface area contributed by atoms with E-state index in [1.807, 2.05) is 18.2 Å². The molecule has 0 spiro atoms. The summed E-state index contributed by atoms with van der Waals surface area (Å²) < 4.78 is 31.5. The summed E-state index contributed by atoms with van der Waals surface area (Å²) in [4.78, 5) is 11.6. The van der Waals surface area contributed by atoms with E-state index in [-0.39, 0.29) is 10.6 Å². The molecule has 0 atom stereocenters. The smallest absolute Gasteiger partial charge is 0.294 e. The summed E-state index contributed by atoms with van der Waals surface area (Å²) in [5.74, 6) is -0.453. The second-order valence-corrected chi connectivity index (χ2v) is 6.00. The fourth-order valence-corrected chi connectivity index (χ4v) is 2.54. The van der Waals surface area contributed by atoms with E-state index in [1.54, 1.807) is 12.1 Å². The first-order valence-electron chi connectivity index (χ1n) is 6.27. The van der Waals surface area contributed by atoms with E-state index in [0.29, 0.717) is 16.9 Å². The van der Waals surface area contributed by atoms with Gasteiger partial charge in [-0.25, -0.2) is 0 Å². The largest absolute Gasteiger partial charge is 0.320 e. The minimum absolute atomic E-state index is 0.0457. The molecule has 0 saturated heterocycles. The third-order valence-corrected chi connectivity index (χ3v) is 3.93. The minimum Gasteiger partial charge on any atom is -0.320 e. The summed E-state index contributed by atoms with van der Waals surface area (Å²) in [6.45, 7) is 0. The Hall–Kier alpha value is -2.71. The van der Waals surface area contributed by atoms with Crippen molar-refractivity contribution in [1.82, 2.24) is 0 Å². The molecule has 1 aliphatic rings. The summed E-state index contributed by atoms with van der Waals surface area (Å²) in [6, 6.07) is 12.8. The Balaban J connectivity index is 1.99. The lowest BCUT2D eigenvalue weighted by molar-refractivity contribution is -0.110. The maximum Gasteiger partial charge on any atom is 0.294 e. The van der Waals surface area contributed by atoms with Gasteiger partial charge in [-0.2, -0.15) is 13.5 Å². The molecule has 0 aliphatic carbocycles. The Bertz CT molecular complexity index is 876. The van der Waals surface area contributed by atoms with Gasteiger partial charge in [0.05, 0.1) is 16.3 Å². The number of nitrogens with one attached hydrogen (secondary N) is 2. The van der Waals surface area contributed by atoms with Crippen molar-refractivity contribution in [3.8, 4) is 0 Å². The van der Waals surface area contributed by atoms with Crippen LogP contribution in [-0.4, -0.2) is 24.6 Å². The molecular weight excluding hydrogens is 306 g/mol. The molecule has 2 aromatic carbocycles. The average Bonchev–Trinajstić information content (AvgIpc) is 2.80. The lowest BCUT2D eigenvalue weighted by Crippen LogP contribution is -2.16. The molecule has 0 aromatic heterocycles. The Kier molecular flexibility index (Phi) is 3.39. The van der Waals surface area contributed by atoms with Crippen LogP contribution in [0.5, 0.6) is 0 Å². The number of amides is 1. The molecule has 7 nitrogen and oxygen atoms in total. The van der Waals surface area contributed by atoms with E-state index < -0.39 is 16.0 Å². The summed E-state index contributed by atoms with van der Waals surface area (Å²) >= 11 is 0. The van der Waals surface area contributed by atoms with Crippen molar-refractivity contribution in [3.05, 3.63) is 54.1 Å². The second kappa shape index (κ2) is 5.24. The highest BCUT2D eigenvalue weighted by atomic mass is 32.2. The van der Waals surface area contributed by atoms with E-state index >= 15 is 0 Å². The molecule has 0 bridgehead atoms. The lowest BCUT2D eigenvalue weighted by Gasteiger charge is -2.02. The molecule has 2 aromatic rings. The van der Waals surface area contributed by atoms with Crippen molar-refractivity contribution in [2.75, 3.05) is 10.7 Å². The van der Waals surface area contributed by atoms with E-state index in [0.717, 1.165) is 0 Å². The first-order valence-corrected chi connectivity index (χ1v) is 7.71. The Labute approximate surface area is 126 Å². The van der Waals surface area contributed by atoms with Gasteiger partial charge in [0, 0.05) is 5.56 Å². The van der Waals surface area contributed by atoms with Gasteiger partial charge in [-0.05, 0) is 30.3 Å². The van der Waals surface area contributed by atoms with Crippen LogP contribution in [0.25, 0.3) is 0 Å². The van der Waals surface area contributed by atoms with Crippen LogP contribution in [0.2, 0.25) is 0 Å². The molecule has 1 heterocycles. The van der Waals surface area contributed by atoms with E-state index in [9.17, 15) is 13.2 Å². The van der Waals surface area contributed by atoms with Crippen LogP contribution in [0, 0.1) is 0 Å². The molecule has 22 heavy (non-hydrogen) atoms. The summed E-state index contributed by atoms with van der Waals surface area (Å²) in [5, 5.41) is 6.59. The number of carbonyl (C=O) groups excluding carboxylic acids is 1. The second-order valence-electron chi connectivity index (χ2n) is 4.57. The summed E-state index contributed by atoms with van der Waals surface area (Å²) in [6.07, 6.45) is 0. The number of hydrogen-bond acceptors (Lipinski definition) is 5. The van der Waals surface area contributed by atoms with Crippen LogP contribution < -0.4 is 10.7 Å². The predicted molar refractivity (Wildman–Crippen MR) is 81.5 cm³/mol. The first kappa shape index (κ1) is 14.2. The fourth-order valence-electron chi connectivity index (χ4n) is 2.04. The van der Waals surface area contributed by atoms with E-state index in [1.165, 1.54) is 18.2 Å². The molecule has 112 valence electrons. The van der Waals surface area contributed by atoms with Crippen LogP contribution in [0.4, 0.5) is 11.4 Å². The molecular formula is C14H11N3O4S. The maximum absolute atomic E-state index is 11.9. The third kappa shape index (κ3) is 2.69. The lowest BCUT2D eigenvalue weighted by atomic mass is 10.1. The summed E-state index contributed by atoms with van der Waals surface area (Å²) in [7, 11) is -4.35. The van der Waals surface area contributed by atoms with Gasteiger partial charge in [-0.15, -0.1) is 0 Å². The van der Waals surface area contributed by atoms with Gasteiger partial charge in [0.2, 0.25) is 0 Å². The normalized spacial score (nSPS) is 15.5. The highest BCUT2D eigenvalue weighted by Crippen LogP contribution is 2.26. The number of hydrogen-bond donors (Lipinski definition) is 3. The molecule has 1 amide bonds. The molecule has 1 aliphatic heterocycles. The van der Waals surface area contributed by atoms with Crippen LogP contribution >= 0.6 is 0 Å². The first-order chi connectivity index (χ1) is 10.4. The van der Waals surface area contributed by atoms with Crippen LogP contribution in [-0.2, 0) is 14.9 Å². The van der Waals surface area contributed by atoms with Crippen molar-refractivity contribution in [1.29, 1.82) is 0 Å². The zero-order valence-electron chi connectivity index (χ0n) is 11.1. The number of benzene rings is 2. The molecule has 0 radical (unpaired) electrons. The quantitative estimate of drug-likeness (QED) is 0.590. The number of rotatable bonds is 3. The number of fused-ring (bicyclic) bond motifs is 1. The van der Waals surface area contributed by atoms with Crippen molar-refractivity contribution < 1.29 is 17.8 Å². The zero-order valence-corrected chi connectivity index (χ0v) is 12.0. The van der Waals surface area contributed by atoms with Crippen molar-refractivity contribution in [2.45, 2.75) is 4.90 Å². The highest BCUT2D eigenvalue weighted by molar-refractivity contribution is 7.85. The molecule has 0 saturated carbocycles. The Morgan fingerprint density at radius 3 is 2.50 bits per heavy atom. The monoisotopic (exact) mass is 317 g/mol. The van der Waals surface area contributed by atoms with Crippen molar-refractivity contribution in [2.24, 2.45) is 5.10 Å². The van der Waals surface area contributed by atoms with E-state index in [2.05, 4.69) is 15.8 Å². The highest BCUT2D eigenvalue weighted by Gasteiger charge is 2.28. The predicted octanol–water partition coefficient (Wildman–Crippen LogP) is 1.70. The molecule has 3 rings (SSSR count). The number of nitrogens with zero attached hydrogens (tertiary/aromatic N) is 1. The Morgan fingerprint density at radius 1 is 1.09 bits per heavy atom. The maximum atomic E-state index is 11.9. The number of para-hydroxylation sites is 1. The molecule has 3 N–H and O–H groups in total.